The van der Waals surface area contributed by atoms with Gasteiger partial charge < -0.3 is 0 Å². The van der Waals surface area contributed by atoms with Gasteiger partial charge in [0.25, 0.3) is 0 Å². The highest BCUT2D eigenvalue weighted by molar-refractivity contribution is 7.09. The molecule has 1 heterocycles. The summed E-state index contributed by atoms with van der Waals surface area (Å²) >= 11 is 1.84. The maximum Gasteiger partial charge on any atom is 0.103 e. The fourth-order valence-electron chi connectivity index (χ4n) is 2.75. The molecule has 0 amide bonds. The second-order valence-corrected chi connectivity index (χ2v) is 7.45. The normalized spacial score (nSPS) is 18.1. The van der Waals surface area contributed by atoms with Crippen LogP contribution in [0, 0.1) is 0 Å². The van der Waals surface area contributed by atoms with Crippen molar-refractivity contribution in [1.29, 1.82) is 0 Å². The zero-order valence-electron chi connectivity index (χ0n) is 11.9. The highest BCUT2D eigenvalue weighted by Crippen LogP contribution is 2.50. The summed E-state index contributed by atoms with van der Waals surface area (Å²) in [6, 6.07) is 10.9. The van der Waals surface area contributed by atoms with E-state index in [0.29, 0.717) is 0 Å². The number of rotatable bonds is 2. The van der Waals surface area contributed by atoms with Crippen molar-refractivity contribution in [2.24, 2.45) is 0 Å². The number of hydrogen-bond donors (Lipinski definition) is 0. The van der Waals surface area contributed by atoms with E-state index in [4.69, 9.17) is 4.98 Å². The van der Waals surface area contributed by atoms with Gasteiger partial charge in [0, 0.05) is 16.2 Å². The number of nitrogens with zero attached hydrogens (tertiary/aromatic N) is 1. The molecule has 0 spiro atoms. The van der Waals surface area contributed by atoms with Crippen molar-refractivity contribution in [3.8, 4) is 0 Å². The molecule has 0 atom stereocenters. The lowest BCUT2D eigenvalue weighted by Crippen LogP contribution is -2.35. The van der Waals surface area contributed by atoms with E-state index in [0.717, 1.165) is 0 Å². The monoisotopic (exact) mass is 271 g/mol. The van der Waals surface area contributed by atoms with E-state index in [2.05, 4.69) is 56.5 Å². The van der Waals surface area contributed by atoms with E-state index in [1.165, 1.54) is 35.5 Å². The van der Waals surface area contributed by atoms with Gasteiger partial charge in [0.1, 0.15) is 5.01 Å². The lowest BCUT2D eigenvalue weighted by Gasteiger charge is -2.40. The Bertz CT molecular complexity index is 558. The molecule has 19 heavy (non-hydrogen) atoms. The Kier molecular flexibility index (Phi) is 3.01. The van der Waals surface area contributed by atoms with Gasteiger partial charge in [-0.25, -0.2) is 4.98 Å². The van der Waals surface area contributed by atoms with Crippen LogP contribution in [0.2, 0.25) is 0 Å². The van der Waals surface area contributed by atoms with Gasteiger partial charge in [-0.2, -0.15) is 0 Å². The summed E-state index contributed by atoms with van der Waals surface area (Å²) in [5.74, 6) is 0. The van der Waals surface area contributed by atoms with Gasteiger partial charge in [0.15, 0.2) is 0 Å². The molecule has 0 unspecified atom stereocenters. The van der Waals surface area contributed by atoms with Gasteiger partial charge in [-0.1, -0.05) is 57.5 Å². The van der Waals surface area contributed by atoms with Crippen LogP contribution in [0.15, 0.2) is 35.7 Å². The lowest BCUT2D eigenvalue weighted by molar-refractivity contribution is 0.299. The van der Waals surface area contributed by atoms with Crippen LogP contribution in [0.1, 0.15) is 56.3 Å². The first-order chi connectivity index (χ1) is 9.02. The van der Waals surface area contributed by atoms with E-state index in [-0.39, 0.29) is 10.8 Å². The second kappa shape index (κ2) is 4.45. The maximum absolute atomic E-state index is 4.97. The maximum atomic E-state index is 4.97. The van der Waals surface area contributed by atoms with Crippen LogP contribution in [0.25, 0.3) is 0 Å². The second-order valence-electron chi connectivity index (χ2n) is 6.59. The molecule has 0 bridgehead atoms. The van der Waals surface area contributed by atoms with Crippen molar-refractivity contribution in [3.63, 3.8) is 0 Å². The Morgan fingerprint density at radius 3 is 2.26 bits per heavy atom. The molecule has 3 rings (SSSR count). The number of benzene rings is 1. The summed E-state index contributed by atoms with van der Waals surface area (Å²) in [5.41, 5.74) is 3.02. The summed E-state index contributed by atoms with van der Waals surface area (Å²) in [4.78, 5) is 4.97. The minimum absolute atomic E-state index is 0.149. The van der Waals surface area contributed by atoms with Crippen LogP contribution in [0.4, 0.5) is 0 Å². The smallest absolute Gasteiger partial charge is 0.103 e. The SMILES string of the molecule is CC(C)(C)c1csc(C2(c3ccccc3)CCC2)n1. The fourth-order valence-corrected chi connectivity index (χ4v) is 4.08. The van der Waals surface area contributed by atoms with Crippen molar-refractivity contribution < 1.29 is 0 Å². The van der Waals surface area contributed by atoms with Crippen LogP contribution in [0.5, 0.6) is 0 Å². The molecular weight excluding hydrogens is 250 g/mol. The first-order valence-electron chi connectivity index (χ1n) is 7.04. The highest BCUT2D eigenvalue weighted by atomic mass is 32.1. The summed E-state index contributed by atoms with van der Waals surface area (Å²) in [6.07, 6.45) is 3.81. The predicted octanol–water partition coefficient (Wildman–Crippen LogP) is 4.91. The van der Waals surface area contributed by atoms with Crippen LogP contribution in [-0.4, -0.2) is 4.98 Å². The molecule has 0 aliphatic heterocycles. The first-order valence-corrected chi connectivity index (χ1v) is 7.92. The minimum Gasteiger partial charge on any atom is -0.245 e. The molecule has 1 fully saturated rings. The van der Waals surface area contributed by atoms with Gasteiger partial charge in [0.05, 0.1) is 5.69 Å². The van der Waals surface area contributed by atoms with Gasteiger partial charge in [0.2, 0.25) is 0 Å². The Balaban J connectivity index is 2.02. The molecule has 0 radical (unpaired) electrons. The molecule has 1 aliphatic rings. The Morgan fingerprint density at radius 1 is 1.11 bits per heavy atom. The molecule has 100 valence electrons. The molecule has 1 saturated carbocycles. The van der Waals surface area contributed by atoms with Gasteiger partial charge in [-0.3, -0.25) is 0 Å². The third-order valence-electron chi connectivity index (χ3n) is 4.22. The Hall–Kier alpha value is -1.15. The zero-order valence-corrected chi connectivity index (χ0v) is 12.8. The van der Waals surface area contributed by atoms with Crippen LogP contribution >= 0.6 is 11.3 Å². The summed E-state index contributed by atoms with van der Waals surface area (Å²) in [6.45, 7) is 6.71. The molecule has 1 aromatic heterocycles. The molecule has 2 heteroatoms. The van der Waals surface area contributed by atoms with E-state index >= 15 is 0 Å². The van der Waals surface area contributed by atoms with E-state index in [1.54, 1.807) is 0 Å². The standard InChI is InChI=1S/C17H21NS/c1-16(2,3)14-12-19-15(18-14)17(10-7-11-17)13-8-5-4-6-9-13/h4-6,8-9,12H,7,10-11H2,1-3H3. The highest BCUT2D eigenvalue weighted by Gasteiger charge is 2.43. The van der Waals surface area contributed by atoms with Crippen LogP contribution in [-0.2, 0) is 10.8 Å². The van der Waals surface area contributed by atoms with Gasteiger partial charge >= 0.3 is 0 Å². The number of aromatic nitrogens is 1. The van der Waals surface area contributed by atoms with Crippen molar-refractivity contribution in [2.75, 3.05) is 0 Å². The molecule has 0 N–H and O–H groups in total. The van der Waals surface area contributed by atoms with E-state index in [1.807, 2.05) is 11.3 Å². The average Bonchev–Trinajstić information content (AvgIpc) is 2.78. The predicted molar refractivity (Wildman–Crippen MR) is 81.9 cm³/mol. The minimum atomic E-state index is 0.149. The van der Waals surface area contributed by atoms with Gasteiger partial charge in [-0.05, 0) is 18.4 Å². The van der Waals surface area contributed by atoms with E-state index in [9.17, 15) is 0 Å². The Labute approximate surface area is 119 Å². The van der Waals surface area contributed by atoms with Crippen molar-refractivity contribution in [3.05, 3.63) is 52.0 Å². The van der Waals surface area contributed by atoms with Crippen LogP contribution < -0.4 is 0 Å². The molecule has 1 aliphatic carbocycles. The number of hydrogen-bond acceptors (Lipinski definition) is 2. The number of thiazole rings is 1. The largest absolute Gasteiger partial charge is 0.245 e. The van der Waals surface area contributed by atoms with Crippen molar-refractivity contribution in [2.45, 2.75) is 50.9 Å². The zero-order chi connectivity index (χ0) is 13.5. The van der Waals surface area contributed by atoms with Crippen molar-refractivity contribution in [1.82, 2.24) is 4.98 Å². The topological polar surface area (TPSA) is 12.9 Å². The quantitative estimate of drug-likeness (QED) is 0.756. The molecular formula is C17H21NS. The summed E-state index contributed by atoms with van der Waals surface area (Å²) in [7, 11) is 0. The average molecular weight is 271 g/mol. The third-order valence-corrected chi connectivity index (χ3v) is 5.26. The summed E-state index contributed by atoms with van der Waals surface area (Å²) < 4.78 is 0. The Morgan fingerprint density at radius 2 is 1.79 bits per heavy atom. The first kappa shape index (κ1) is 12.9. The fraction of sp³-hybridized carbons (Fsp3) is 0.471. The lowest BCUT2D eigenvalue weighted by atomic mass is 9.65. The van der Waals surface area contributed by atoms with Crippen molar-refractivity contribution >= 4 is 11.3 Å². The molecule has 0 saturated heterocycles. The molecule has 2 aromatic rings. The van der Waals surface area contributed by atoms with E-state index < -0.39 is 0 Å². The summed E-state index contributed by atoms with van der Waals surface area (Å²) in [5, 5.41) is 3.56. The third kappa shape index (κ3) is 2.12. The molecule has 1 nitrogen and oxygen atoms in total. The van der Waals surface area contributed by atoms with Crippen LogP contribution in [0.3, 0.4) is 0 Å². The van der Waals surface area contributed by atoms with Gasteiger partial charge in [-0.15, -0.1) is 11.3 Å². The molecule has 1 aromatic carbocycles.